The number of amides is 2. The van der Waals surface area contributed by atoms with Crippen molar-refractivity contribution in [3.8, 4) is 0 Å². The Morgan fingerprint density at radius 3 is 2.09 bits per heavy atom. The highest BCUT2D eigenvalue weighted by atomic mass is 35.5. The van der Waals surface area contributed by atoms with Crippen molar-refractivity contribution in [1.29, 1.82) is 0 Å². The lowest BCUT2D eigenvalue weighted by molar-refractivity contribution is -0.384. The Bertz CT molecular complexity index is 780. The molecule has 0 bridgehead atoms. The highest BCUT2D eigenvalue weighted by Crippen LogP contribution is 2.27. The number of hydrogen-bond donors (Lipinski definition) is 2. The number of nitrogens with one attached hydrogen (secondary N) is 2. The number of anilines is 2. The molecule has 2 aromatic rings. The second kappa shape index (κ2) is 6.84. The Hall–Kier alpha value is -3.00. The van der Waals surface area contributed by atoms with Crippen LogP contribution in [0.3, 0.4) is 0 Å². The molecule has 0 spiro atoms. The molecular formula is C14H9ClFN3O4. The predicted molar refractivity (Wildman–Crippen MR) is 81.8 cm³/mol. The number of carbonyl (C=O) groups is 2. The first-order chi connectivity index (χ1) is 10.9. The molecule has 7 nitrogen and oxygen atoms in total. The molecule has 0 fully saturated rings. The Kier molecular flexibility index (Phi) is 4.87. The summed E-state index contributed by atoms with van der Waals surface area (Å²) in [4.78, 5) is 33.5. The smallest absolute Gasteiger partial charge is 0.314 e. The molecule has 2 N–H and O–H groups in total. The number of halogens is 2. The van der Waals surface area contributed by atoms with Gasteiger partial charge in [-0.2, -0.15) is 0 Å². The minimum Gasteiger partial charge on any atom is -0.318 e. The van der Waals surface area contributed by atoms with Gasteiger partial charge in [-0.15, -0.1) is 0 Å². The van der Waals surface area contributed by atoms with Gasteiger partial charge in [-0.25, -0.2) is 4.39 Å². The van der Waals surface area contributed by atoms with E-state index in [2.05, 4.69) is 10.6 Å². The molecule has 118 valence electrons. The largest absolute Gasteiger partial charge is 0.318 e. The van der Waals surface area contributed by atoms with Crippen molar-refractivity contribution < 1.29 is 18.9 Å². The molecule has 0 aliphatic rings. The zero-order chi connectivity index (χ0) is 17.0. The van der Waals surface area contributed by atoms with Crippen LogP contribution in [0.15, 0.2) is 42.5 Å². The van der Waals surface area contributed by atoms with E-state index in [9.17, 15) is 24.1 Å². The van der Waals surface area contributed by atoms with Crippen LogP contribution in [0, 0.1) is 15.9 Å². The van der Waals surface area contributed by atoms with Crippen LogP contribution in [-0.2, 0) is 9.59 Å². The number of nitro benzene ring substituents is 1. The number of benzene rings is 2. The molecule has 0 heterocycles. The van der Waals surface area contributed by atoms with Crippen LogP contribution in [0.5, 0.6) is 0 Å². The van der Waals surface area contributed by atoms with Crippen LogP contribution in [-0.4, -0.2) is 16.7 Å². The lowest BCUT2D eigenvalue weighted by Crippen LogP contribution is -2.29. The Labute approximate surface area is 134 Å². The quantitative estimate of drug-likeness (QED) is 0.510. The minimum atomic E-state index is -1.04. The summed E-state index contributed by atoms with van der Waals surface area (Å²) in [5.74, 6) is -2.53. The van der Waals surface area contributed by atoms with Gasteiger partial charge in [-0.05, 0) is 36.4 Å². The summed E-state index contributed by atoms with van der Waals surface area (Å²) >= 11 is 5.65. The lowest BCUT2D eigenvalue weighted by Gasteiger charge is -2.07. The van der Waals surface area contributed by atoms with Gasteiger partial charge in [0.2, 0.25) is 0 Å². The Balaban J connectivity index is 2.06. The third kappa shape index (κ3) is 4.24. The summed E-state index contributed by atoms with van der Waals surface area (Å²) in [6.07, 6.45) is 0. The minimum absolute atomic E-state index is 0.0420. The highest BCUT2D eigenvalue weighted by molar-refractivity contribution is 6.43. The van der Waals surface area contributed by atoms with Crippen LogP contribution in [0.1, 0.15) is 0 Å². The zero-order valence-corrected chi connectivity index (χ0v) is 12.1. The fourth-order valence-corrected chi connectivity index (χ4v) is 1.83. The van der Waals surface area contributed by atoms with Gasteiger partial charge in [0.15, 0.2) is 0 Å². The standard InChI is InChI=1S/C14H9ClFN3O4/c15-11-6-5-10(7-12(11)19(22)23)18-14(21)13(20)17-9-3-1-8(16)2-4-9/h1-7H,(H,17,20)(H,18,21). The maximum atomic E-state index is 12.7. The monoisotopic (exact) mass is 337 g/mol. The van der Waals surface area contributed by atoms with E-state index in [4.69, 9.17) is 11.6 Å². The summed E-state index contributed by atoms with van der Waals surface area (Å²) in [5, 5.41) is 15.1. The molecule has 0 aliphatic heterocycles. The highest BCUT2D eigenvalue weighted by Gasteiger charge is 2.17. The number of nitro groups is 1. The maximum Gasteiger partial charge on any atom is 0.314 e. The summed E-state index contributed by atoms with van der Waals surface area (Å²) in [7, 11) is 0. The molecule has 0 saturated heterocycles. The maximum absolute atomic E-state index is 12.7. The van der Waals surface area contributed by atoms with Crippen molar-refractivity contribution in [3.05, 3.63) is 63.4 Å². The van der Waals surface area contributed by atoms with E-state index in [-0.39, 0.29) is 16.4 Å². The van der Waals surface area contributed by atoms with Crippen molar-refractivity contribution in [2.45, 2.75) is 0 Å². The van der Waals surface area contributed by atoms with Crippen molar-refractivity contribution in [1.82, 2.24) is 0 Å². The first kappa shape index (κ1) is 16.4. The molecule has 2 rings (SSSR count). The third-order valence-corrected chi connectivity index (χ3v) is 3.03. The lowest BCUT2D eigenvalue weighted by atomic mass is 10.2. The molecule has 0 atom stereocenters. The molecular weight excluding hydrogens is 329 g/mol. The first-order valence-electron chi connectivity index (χ1n) is 6.18. The van der Waals surface area contributed by atoms with E-state index in [0.717, 1.165) is 18.2 Å². The molecule has 0 aliphatic carbocycles. The second-order valence-electron chi connectivity index (χ2n) is 4.34. The van der Waals surface area contributed by atoms with Crippen LogP contribution < -0.4 is 10.6 Å². The van der Waals surface area contributed by atoms with Gasteiger partial charge in [-0.3, -0.25) is 19.7 Å². The summed E-state index contributed by atoms with van der Waals surface area (Å²) in [6, 6.07) is 8.39. The van der Waals surface area contributed by atoms with Crippen LogP contribution in [0.2, 0.25) is 5.02 Å². The van der Waals surface area contributed by atoms with E-state index in [0.29, 0.717) is 0 Å². The van der Waals surface area contributed by atoms with E-state index in [1.807, 2.05) is 0 Å². The van der Waals surface area contributed by atoms with Crippen LogP contribution in [0.25, 0.3) is 0 Å². The SMILES string of the molecule is O=C(Nc1ccc(F)cc1)C(=O)Nc1ccc(Cl)c([N+](=O)[O-])c1. The molecule has 2 amide bonds. The van der Waals surface area contributed by atoms with Gasteiger partial charge in [0.05, 0.1) is 4.92 Å². The van der Waals surface area contributed by atoms with Gasteiger partial charge in [0.1, 0.15) is 10.8 Å². The van der Waals surface area contributed by atoms with E-state index >= 15 is 0 Å². The van der Waals surface area contributed by atoms with Gasteiger partial charge in [0, 0.05) is 17.4 Å². The average molecular weight is 338 g/mol. The molecule has 9 heteroatoms. The Morgan fingerprint density at radius 1 is 1.00 bits per heavy atom. The predicted octanol–water partition coefficient (Wildman–Crippen LogP) is 2.96. The van der Waals surface area contributed by atoms with E-state index in [1.54, 1.807) is 0 Å². The summed E-state index contributed by atoms with van der Waals surface area (Å²) in [6.45, 7) is 0. The normalized spacial score (nSPS) is 10.0. The second-order valence-corrected chi connectivity index (χ2v) is 4.75. The average Bonchev–Trinajstić information content (AvgIpc) is 2.51. The van der Waals surface area contributed by atoms with Crippen LogP contribution in [0.4, 0.5) is 21.5 Å². The topological polar surface area (TPSA) is 101 Å². The molecule has 0 saturated carbocycles. The molecule has 0 unspecified atom stereocenters. The van der Waals surface area contributed by atoms with Crippen molar-refractivity contribution in [2.24, 2.45) is 0 Å². The zero-order valence-electron chi connectivity index (χ0n) is 11.4. The van der Waals surface area contributed by atoms with Gasteiger partial charge < -0.3 is 10.6 Å². The van der Waals surface area contributed by atoms with E-state index < -0.39 is 28.2 Å². The number of rotatable bonds is 3. The van der Waals surface area contributed by atoms with Gasteiger partial charge >= 0.3 is 11.8 Å². The number of nitrogens with zero attached hydrogens (tertiary/aromatic N) is 1. The van der Waals surface area contributed by atoms with Crippen molar-refractivity contribution in [3.63, 3.8) is 0 Å². The fourth-order valence-electron chi connectivity index (χ4n) is 1.64. The van der Waals surface area contributed by atoms with Gasteiger partial charge in [0.25, 0.3) is 5.69 Å². The third-order valence-electron chi connectivity index (χ3n) is 2.71. The van der Waals surface area contributed by atoms with Crippen molar-refractivity contribution in [2.75, 3.05) is 10.6 Å². The fraction of sp³-hybridized carbons (Fsp3) is 0. The van der Waals surface area contributed by atoms with Gasteiger partial charge in [-0.1, -0.05) is 11.6 Å². The first-order valence-corrected chi connectivity index (χ1v) is 6.56. The number of carbonyl (C=O) groups excluding carboxylic acids is 2. The van der Waals surface area contributed by atoms with Crippen molar-refractivity contribution >= 4 is 40.5 Å². The summed E-state index contributed by atoms with van der Waals surface area (Å²) < 4.78 is 12.7. The van der Waals surface area contributed by atoms with Crippen LogP contribution >= 0.6 is 11.6 Å². The number of hydrogen-bond acceptors (Lipinski definition) is 4. The molecule has 23 heavy (non-hydrogen) atoms. The molecule has 0 aromatic heterocycles. The van der Waals surface area contributed by atoms with E-state index in [1.165, 1.54) is 24.3 Å². The summed E-state index contributed by atoms with van der Waals surface area (Å²) in [5.41, 5.74) is -0.127. The molecule has 2 aromatic carbocycles. The molecule has 0 radical (unpaired) electrons. The Morgan fingerprint density at radius 2 is 1.52 bits per heavy atom.